The van der Waals surface area contributed by atoms with E-state index < -0.39 is 15.5 Å². The monoisotopic (exact) mass is 354 g/mol. The van der Waals surface area contributed by atoms with Crippen LogP contribution < -0.4 is 5.43 Å². The number of hydrogen-bond acceptors (Lipinski definition) is 6. The normalized spacial score (nSPS) is 11.9. The van der Waals surface area contributed by atoms with Crippen molar-refractivity contribution >= 4 is 23.3 Å². The highest BCUT2D eigenvalue weighted by Crippen LogP contribution is 2.29. The molecule has 0 saturated carbocycles. The molecule has 1 atom stereocenters. The summed E-state index contributed by atoms with van der Waals surface area (Å²) in [5.74, 6) is 0.0774. The second-order valence-corrected chi connectivity index (χ2v) is 5.53. The third-order valence-electron chi connectivity index (χ3n) is 3.86. The quantitative estimate of drug-likeness (QED) is 0.421. The molecule has 0 saturated heterocycles. The number of non-ortho nitro benzene ring substituents is 1. The van der Waals surface area contributed by atoms with Crippen molar-refractivity contribution < 1.29 is 9.85 Å². The molecule has 26 heavy (non-hydrogen) atoms. The van der Waals surface area contributed by atoms with Gasteiger partial charge in [-0.05, 0) is 23.6 Å². The van der Waals surface area contributed by atoms with E-state index in [9.17, 15) is 20.2 Å². The van der Waals surface area contributed by atoms with Crippen molar-refractivity contribution in [2.24, 2.45) is 5.10 Å². The fourth-order valence-corrected chi connectivity index (χ4v) is 2.55. The molecule has 0 heterocycles. The lowest BCUT2D eigenvalue weighted by atomic mass is 9.90. The molecule has 134 valence electrons. The number of nitro groups is 2. The first-order valence-corrected chi connectivity index (χ1v) is 7.89. The summed E-state index contributed by atoms with van der Waals surface area (Å²) in [5, 5.41) is 25.9. The molecular weight excluding hydrogens is 336 g/mol. The number of nitrogens with one attached hydrogen (secondary N) is 1. The van der Waals surface area contributed by atoms with Crippen LogP contribution in [0.5, 0.6) is 0 Å². The van der Waals surface area contributed by atoms with Crippen LogP contribution in [0.25, 0.3) is 0 Å². The largest absolute Gasteiger partial charge is 0.301 e. The molecule has 8 nitrogen and oxygen atoms in total. The predicted molar refractivity (Wildman–Crippen MR) is 100 cm³/mol. The summed E-state index contributed by atoms with van der Waals surface area (Å²) < 4.78 is 0. The zero-order chi connectivity index (χ0) is 19.1. The predicted octanol–water partition coefficient (Wildman–Crippen LogP) is 4.65. The Morgan fingerprint density at radius 3 is 2.46 bits per heavy atom. The van der Waals surface area contributed by atoms with Crippen LogP contribution in [0.15, 0.2) is 65.8 Å². The third-order valence-corrected chi connectivity index (χ3v) is 3.86. The van der Waals surface area contributed by atoms with Gasteiger partial charge in [0.15, 0.2) is 0 Å². The Hall–Kier alpha value is -3.55. The van der Waals surface area contributed by atoms with Crippen molar-refractivity contribution in [3.05, 3.63) is 86.5 Å². The van der Waals surface area contributed by atoms with Crippen LogP contribution in [0.4, 0.5) is 17.1 Å². The molecule has 0 aliphatic heterocycles. The molecule has 2 aromatic rings. The molecular formula is C18H18N4O4. The Labute approximate surface area is 150 Å². The molecule has 0 bridgehead atoms. The maximum Gasteiger partial charge on any atom is 0.301 e. The highest BCUT2D eigenvalue weighted by atomic mass is 16.6. The number of hydrazone groups is 1. The molecule has 2 rings (SSSR count). The van der Waals surface area contributed by atoms with E-state index in [1.807, 2.05) is 37.3 Å². The Morgan fingerprint density at radius 2 is 1.88 bits per heavy atom. The molecule has 0 spiro atoms. The van der Waals surface area contributed by atoms with Gasteiger partial charge in [0.05, 0.1) is 22.1 Å². The lowest BCUT2D eigenvalue weighted by Gasteiger charge is -2.15. The van der Waals surface area contributed by atoms with Crippen LogP contribution in [-0.2, 0) is 0 Å². The topological polar surface area (TPSA) is 111 Å². The van der Waals surface area contributed by atoms with Gasteiger partial charge in [-0.15, -0.1) is 0 Å². The minimum atomic E-state index is -0.696. The molecule has 0 fully saturated rings. The number of benzene rings is 2. The third kappa shape index (κ3) is 4.50. The fraction of sp³-hybridized carbons (Fsp3) is 0.167. The van der Waals surface area contributed by atoms with Gasteiger partial charge in [-0.25, -0.2) is 0 Å². The van der Waals surface area contributed by atoms with Gasteiger partial charge in [-0.1, -0.05) is 43.8 Å². The lowest BCUT2D eigenvalue weighted by Crippen LogP contribution is -2.03. The van der Waals surface area contributed by atoms with Crippen molar-refractivity contribution in [3.63, 3.8) is 0 Å². The second kappa shape index (κ2) is 8.52. The summed E-state index contributed by atoms with van der Waals surface area (Å²) in [6.07, 6.45) is 2.33. The fourth-order valence-electron chi connectivity index (χ4n) is 2.55. The number of anilines is 1. The molecule has 0 aliphatic carbocycles. The average molecular weight is 354 g/mol. The maximum atomic E-state index is 11.1. The molecule has 8 heteroatoms. The van der Waals surface area contributed by atoms with Gasteiger partial charge < -0.3 is 0 Å². The lowest BCUT2D eigenvalue weighted by molar-refractivity contribution is -0.393. The number of allylic oxidation sites excluding steroid dienone is 1. The van der Waals surface area contributed by atoms with Gasteiger partial charge in [-0.3, -0.25) is 25.7 Å². The van der Waals surface area contributed by atoms with Crippen LogP contribution in [0.1, 0.15) is 24.8 Å². The Morgan fingerprint density at radius 1 is 1.19 bits per heavy atom. The summed E-state index contributed by atoms with van der Waals surface area (Å²) >= 11 is 0. The SMILES string of the molecule is C=C(/C=N/Nc1ccc([N+](=O)[O-])cc1[N+](=O)[O-])[C@@H](CC)c1ccccc1. The van der Waals surface area contributed by atoms with E-state index in [0.29, 0.717) is 0 Å². The van der Waals surface area contributed by atoms with E-state index in [2.05, 4.69) is 17.1 Å². The smallest absolute Gasteiger partial charge is 0.272 e. The average Bonchev–Trinajstić information content (AvgIpc) is 2.63. The molecule has 1 N–H and O–H groups in total. The zero-order valence-electron chi connectivity index (χ0n) is 14.2. The Kier molecular flexibility index (Phi) is 6.15. The van der Waals surface area contributed by atoms with Crippen LogP contribution in [0.2, 0.25) is 0 Å². The number of nitro benzene ring substituents is 2. The summed E-state index contributed by atoms with van der Waals surface area (Å²) in [6.45, 7) is 6.05. The van der Waals surface area contributed by atoms with Crippen molar-refractivity contribution in [2.45, 2.75) is 19.3 Å². The van der Waals surface area contributed by atoms with Crippen LogP contribution in [0, 0.1) is 20.2 Å². The number of nitrogens with zero attached hydrogens (tertiary/aromatic N) is 3. The Balaban J connectivity index is 2.15. The van der Waals surface area contributed by atoms with Crippen LogP contribution >= 0.6 is 0 Å². The first kappa shape index (κ1) is 18.8. The van der Waals surface area contributed by atoms with Crippen molar-refractivity contribution in [3.8, 4) is 0 Å². The molecule has 0 aliphatic rings. The summed E-state index contributed by atoms with van der Waals surface area (Å²) in [4.78, 5) is 20.5. The number of rotatable bonds is 8. The highest BCUT2D eigenvalue weighted by Gasteiger charge is 2.19. The van der Waals surface area contributed by atoms with Gasteiger partial charge in [0.1, 0.15) is 5.69 Å². The molecule has 0 unspecified atom stereocenters. The van der Waals surface area contributed by atoms with Crippen LogP contribution in [0.3, 0.4) is 0 Å². The zero-order valence-corrected chi connectivity index (χ0v) is 14.2. The van der Waals surface area contributed by atoms with E-state index >= 15 is 0 Å². The first-order chi connectivity index (χ1) is 12.4. The second-order valence-electron chi connectivity index (χ2n) is 5.53. The molecule has 0 aromatic heterocycles. The van der Waals surface area contributed by atoms with Gasteiger partial charge in [0, 0.05) is 12.0 Å². The molecule has 0 radical (unpaired) electrons. The molecule has 0 amide bonds. The van der Waals surface area contributed by atoms with Gasteiger partial charge in [0.2, 0.25) is 0 Å². The van der Waals surface area contributed by atoms with Crippen LogP contribution in [-0.4, -0.2) is 16.1 Å². The van der Waals surface area contributed by atoms with Crippen molar-refractivity contribution in [1.29, 1.82) is 0 Å². The summed E-state index contributed by atoms with van der Waals surface area (Å²) in [7, 11) is 0. The minimum absolute atomic E-state index is 0.0670. The van der Waals surface area contributed by atoms with Crippen molar-refractivity contribution in [1.82, 2.24) is 0 Å². The molecule has 2 aromatic carbocycles. The Bertz CT molecular complexity index is 850. The summed E-state index contributed by atoms with van der Waals surface area (Å²) in [5.41, 5.74) is 3.71. The number of hydrogen-bond donors (Lipinski definition) is 1. The van der Waals surface area contributed by atoms with Gasteiger partial charge in [-0.2, -0.15) is 5.10 Å². The van der Waals surface area contributed by atoms with E-state index in [1.54, 1.807) is 0 Å². The van der Waals surface area contributed by atoms with E-state index in [1.165, 1.54) is 18.3 Å². The minimum Gasteiger partial charge on any atom is -0.272 e. The van der Waals surface area contributed by atoms with Gasteiger partial charge in [0.25, 0.3) is 5.69 Å². The maximum absolute atomic E-state index is 11.1. The summed E-state index contributed by atoms with van der Waals surface area (Å²) in [6, 6.07) is 13.2. The van der Waals surface area contributed by atoms with E-state index in [0.717, 1.165) is 23.6 Å². The van der Waals surface area contributed by atoms with E-state index in [4.69, 9.17) is 0 Å². The first-order valence-electron chi connectivity index (χ1n) is 7.89. The van der Waals surface area contributed by atoms with E-state index in [-0.39, 0.29) is 17.3 Å². The van der Waals surface area contributed by atoms with Crippen molar-refractivity contribution in [2.75, 3.05) is 5.43 Å². The van der Waals surface area contributed by atoms with Gasteiger partial charge >= 0.3 is 5.69 Å². The highest BCUT2D eigenvalue weighted by molar-refractivity contribution is 5.81. The standard InChI is InChI=1S/C18H18N4O4/c1-3-16(14-7-5-4-6-8-14)13(2)12-19-20-17-10-9-15(21(23)24)11-18(17)22(25)26/h4-12,16,20H,2-3H2,1H3/b19-12+/t16-/m1/s1.